The van der Waals surface area contributed by atoms with Crippen LogP contribution >= 0.6 is 23.2 Å². The molecule has 11 nitrogen and oxygen atoms in total. The highest BCUT2D eigenvalue weighted by atomic mass is 35.5. The zero-order valence-corrected chi connectivity index (χ0v) is 15.8. The van der Waals surface area contributed by atoms with Crippen LogP contribution in [0.1, 0.15) is 45.2 Å². The van der Waals surface area contributed by atoms with Crippen molar-refractivity contribution in [2.75, 3.05) is 0 Å². The van der Waals surface area contributed by atoms with E-state index in [0.29, 0.717) is 10.7 Å². The number of benzene rings is 1. The van der Waals surface area contributed by atoms with Gasteiger partial charge in [0, 0.05) is 21.2 Å². The topological polar surface area (TPSA) is 160 Å². The molecule has 3 N–H and O–H groups in total. The summed E-state index contributed by atoms with van der Waals surface area (Å²) >= 11 is 12.3. The number of H-pyrrole nitrogens is 2. The fourth-order valence-corrected chi connectivity index (χ4v) is 2.76. The molecular formula is C17H13Cl2N5O6. The quantitative estimate of drug-likeness (QED) is 0.520. The number of nitrogens with one attached hydrogen (secondary N) is 2. The van der Waals surface area contributed by atoms with Crippen LogP contribution in [0.15, 0.2) is 32.6 Å². The van der Waals surface area contributed by atoms with Crippen molar-refractivity contribution in [1.82, 2.24) is 25.0 Å². The highest BCUT2D eigenvalue weighted by molar-refractivity contribution is 6.37. The standard InChI is InChI=1S/C17H13Cl2N5O6/c1-6(2)8-5-11(21-22-14(8)25)30-13-9(18)3-7(4-10(13)19)24-17(29)20-15(26)12(23-24)16(27)28/h3-6H,1-2H3,(H,22,25)(H,27,28)(H,20,26,29)/i1D3,2D3,6D. The van der Waals surface area contributed by atoms with E-state index in [-0.39, 0.29) is 21.5 Å². The van der Waals surface area contributed by atoms with Crippen molar-refractivity contribution in [3.05, 3.63) is 70.7 Å². The molecule has 0 spiro atoms. The fraction of sp³-hybridized carbons (Fsp3) is 0.176. The minimum absolute atomic E-state index is 0.198. The molecule has 13 heteroatoms. The van der Waals surface area contributed by atoms with E-state index in [4.69, 9.17) is 42.6 Å². The lowest BCUT2D eigenvalue weighted by atomic mass is 10.1. The summed E-state index contributed by atoms with van der Waals surface area (Å²) in [5, 5.41) is 17.2. The van der Waals surface area contributed by atoms with E-state index < -0.39 is 59.5 Å². The zero-order chi connectivity index (χ0) is 28.1. The number of carboxylic acids is 1. The molecular weight excluding hydrogens is 441 g/mol. The number of aromatic amines is 2. The van der Waals surface area contributed by atoms with Gasteiger partial charge in [0.15, 0.2) is 5.75 Å². The molecule has 0 unspecified atom stereocenters. The maximum atomic E-state index is 12.3. The Morgan fingerprint density at radius 3 is 2.50 bits per heavy atom. The first-order valence-corrected chi connectivity index (χ1v) is 8.38. The smallest absolute Gasteiger partial charge is 0.362 e. The van der Waals surface area contributed by atoms with Gasteiger partial charge in [0.1, 0.15) is 0 Å². The summed E-state index contributed by atoms with van der Waals surface area (Å²) in [4.78, 5) is 48.9. The highest BCUT2D eigenvalue weighted by Crippen LogP contribution is 2.37. The van der Waals surface area contributed by atoms with Gasteiger partial charge in [-0.25, -0.2) is 14.7 Å². The first kappa shape index (κ1) is 13.7. The van der Waals surface area contributed by atoms with Gasteiger partial charge >= 0.3 is 11.7 Å². The minimum atomic E-state index is -3.47. The Hall–Kier alpha value is -3.44. The predicted octanol–water partition coefficient (Wildman–Crippen LogP) is 1.92. The summed E-state index contributed by atoms with van der Waals surface area (Å²) in [5.74, 6) is -6.03. The average Bonchev–Trinajstić information content (AvgIpc) is 2.74. The Kier molecular flexibility index (Phi) is 3.72. The summed E-state index contributed by atoms with van der Waals surface area (Å²) < 4.78 is 59.4. The number of nitrogens with zero attached hydrogens (tertiary/aromatic N) is 3. The molecule has 0 atom stereocenters. The van der Waals surface area contributed by atoms with Crippen molar-refractivity contribution in [3.8, 4) is 17.3 Å². The molecule has 1 aromatic carbocycles. The van der Waals surface area contributed by atoms with Crippen LogP contribution in [-0.2, 0) is 0 Å². The molecule has 3 aromatic rings. The summed E-state index contributed by atoms with van der Waals surface area (Å²) in [6.45, 7) is -6.93. The maximum Gasteiger partial charge on any atom is 0.362 e. The molecule has 0 aliphatic rings. The van der Waals surface area contributed by atoms with Gasteiger partial charge in [0.05, 0.1) is 15.7 Å². The second-order valence-electron chi connectivity index (χ2n) is 5.49. The van der Waals surface area contributed by atoms with Gasteiger partial charge in [-0.3, -0.25) is 14.6 Å². The molecule has 30 heavy (non-hydrogen) atoms. The third-order valence-electron chi connectivity index (χ3n) is 3.51. The Balaban J connectivity index is 2.11. The second-order valence-corrected chi connectivity index (χ2v) is 6.30. The normalized spacial score (nSPS) is 15.6. The van der Waals surface area contributed by atoms with E-state index in [1.165, 1.54) is 0 Å². The van der Waals surface area contributed by atoms with E-state index in [9.17, 15) is 19.2 Å². The van der Waals surface area contributed by atoms with Gasteiger partial charge in [-0.05, 0) is 18.0 Å². The zero-order valence-electron chi connectivity index (χ0n) is 21.3. The summed E-state index contributed by atoms with van der Waals surface area (Å²) in [7, 11) is 0. The Morgan fingerprint density at radius 1 is 1.23 bits per heavy atom. The van der Waals surface area contributed by atoms with Crippen LogP contribution in [0.4, 0.5) is 0 Å². The molecule has 3 rings (SSSR count). The monoisotopic (exact) mass is 460 g/mol. The van der Waals surface area contributed by atoms with Gasteiger partial charge in [0.2, 0.25) is 11.6 Å². The lowest BCUT2D eigenvalue weighted by molar-refractivity contribution is 0.0685. The van der Waals surface area contributed by atoms with Gasteiger partial charge < -0.3 is 9.84 Å². The molecule has 0 saturated carbocycles. The van der Waals surface area contributed by atoms with Crippen LogP contribution in [-0.4, -0.2) is 36.0 Å². The van der Waals surface area contributed by atoms with Crippen LogP contribution < -0.4 is 21.5 Å². The number of hydrogen-bond acceptors (Lipinski definition) is 7. The Bertz CT molecular complexity index is 1540. The summed E-state index contributed by atoms with van der Waals surface area (Å²) in [6.07, 6.45) is 0. The van der Waals surface area contributed by atoms with Gasteiger partial charge in [-0.1, -0.05) is 36.9 Å². The highest BCUT2D eigenvalue weighted by Gasteiger charge is 2.18. The van der Waals surface area contributed by atoms with Crippen LogP contribution in [0, 0.1) is 0 Å². The third-order valence-corrected chi connectivity index (χ3v) is 4.08. The number of rotatable bonds is 5. The van der Waals surface area contributed by atoms with E-state index in [2.05, 4.69) is 10.2 Å². The first-order valence-electron chi connectivity index (χ1n) is 11.1. The molecule has 0 saturated heterocycles. The molecule has 0 aliphatic carbocycles. The molecule has 0 aliphatic heterocycles. The molecule has 0 bridgehead atoms. The Morgan fingerprint density at radius 2 is 1.90 bits per heavy atom. The predicted molar refractivity (Wildman–Crippen MR) is 106 cm³/mol. The molecule has 2 aromatic heterocycles. The molecule has 0 radical (unpaired) electrons. The van der Waals surface area contributed by atoms with E-state index in [0.717, 1.165) is 12.1 Å². The molecule has 0 amide bonds. The lowest BCUT2D eigenvalue weighted by Crippen LogP contribution is -2.35. The van der Waals surface area contributed by atoms with Crippen LogP contribution in [0.3, 0.4) is 0 Å². The largest absolute Gasteiger partial charge is 0.476 e. The van der Waals surface area contributed by atoms with Gasteiger partial charge in [-0.2, -0.15) is 9.78 Å². The SMILES string of the molecule is [2H]C([2H])([2H])C([2H])(c1cc(Oc2c(Cl)cc(-n3nc(C(=O)O)c(=O)[nH]c3=O)cc2Cl)n[nH]c1=O)C([2H])([2H])[2H]. The number of halogens is 2. The average molecular weight is 461 g/mol. The van der Waals surface area contributed by atoms with Gasteiger partial charge in [0.25, 0.3) is 11.1 Å². The molecule has 0 fully saturated rings. The van der Waals surface area contributed by atoms with Crippen molar-refractivity contribution >= 4 is 29.2 Å². The van der Waals surface area contributed by atoms with Crippen molar-refractivity contribution in [2.24, 2.45) is 0 Å². The number of hydrogen-bond donors (Lipinski definition) is 3. The number of carbonyl (C=O) groups is 1. The van der Waals surface area contributed by atoms with E-state index in [1.807, 2.05) is 5.10 Å². The maximum absolute atomic E-state index is 12.3. The summed E-state index contributed by atoms with van der Waals surface area (Å²) in [5.41, 5.74) is -5.82. The van der Waals surface area contributed by atoms with Crippen molar-refractivity contribution in [2.45, 2.75) is 19.6 Å². The molecule has 2 heterocycles. The Labute approximate surface area is 186 Å². The number of carboxylic acid groups (broad SMARTS) is 1. The fourth-order valence-electron chi connectivity index (χ4n) is 2.21. The van der Waals surface area contributed by atoms with Crippen LogP contribution in [0.2, 0.25) is 10.0 Å². The first-order chi connectivity index (χ1) is 16.9. The molecule has 156 valence electrons. The van der Waals surface area contributed by atoms with Crippen molar-refractivity contribution in [1.29, 1.82) is 0 Å². The van der Waals surface area contributed by atoms with Crippen LogP contribution in [0.5, 0.6) is 11.6 Å². The van der Waals surface area contributed by atoms with Crippen LogP contribution in [0.25, 0.3) is 5.69 Å². The van der Waals surface area contributed by atoms with E-state index >= 15 is 0 Å². The number of ether oxygens (including phenoxy) is 1. The number of aromatic nitrogens is 5. The van der Waals surface area contributed by atoms with Crippen molar-refractivity contribution < 1.29 is 24.2 Å². The minimum Gasteiger partial charge on any atom is -0.476 e. The second kappa shape index (κ2) is 8.13. The van der Waals surface area contributed by atoms with E-state index in [1.54, 1.807) is 4.98 Å². The lowest BCUT2D eigenvalue weighted by Gasteiger charge is -2.12. The van der Waals surface area contributed by atoms with Gasteiger partial charge in [-0.15, -0.1) is 5.10 Å². The van der Waals surface area contributed by atoms with Crippen molar-refractivity contribution in [3.63, 3.8) is 0 Å². The third kappa shape index (κ3) is 4.11. The summed E-state index contributed by atoms with van der Waals surface area (Å²) in [6, 6.07) is 2.71. The number of aromatic carboxylic acids is 1.